The molecule has 1 saturated heterocycles. The molecule has 0 bridgehead atoms. The molecule has 1 aromatic rings. The minimum Gasteiger partial charge on any atom is -0.353 e. The van der Waals surface area contributed by atoms with Gasteiger partial charge >= 0.3 is 0 Å². The van der Waals surface area contributed by atoms with Gasteiger partial charge in [0.1, 0.15) is 0 Å². The molecule has 5 nitrogen and oxygen atoms in total. The molecule has 0 aliphatic carbocycles. The van der Waals surface area contributed by atoms with Gasteiger partial charge in [-0.1, -0.05) is 0 Å². The fourth-order valence-corrected chi connectivity index (χ4v) is 2.81. The highest BCUT2D eigenvalue weighted by molar-refractivity contribution is 14.1. The Morgan fingerprint density at radius 1 is 1.14 bits per heavy atom. The summed E-state index contributed by atoms with van der Waals surface area (Å²) in [5.74, 6) is 0.120. The van der Waals surface area contributed by atoms with Crippen LogP contribution in [0.2, 0.25) is 0 Å². The first kappa shape index (κ1) is 17.2. The second-order valence-electron chi connectivity index (χ2n) is 5.80. The van der Waals surface area contributed by atoms with E-state index in [0.717, 1.165) is 22.2 Å². The zero-order valence-electron chi connectivity index (χ0n) is 13.0. The summed E-state index contributed by atoms with van der Waals surface area (Å²) in [6, 6.07) is 7.79. The molecule has 1 aliphatic heterocycles. The van der Waals surface area contributed by atoms with Crippen LogP contribution >= 0.6 is 22.6 Å². The van der Waals surface area contributed by atoms with Crippen LogP contribution < -0.4 is 5.32 Å². The Kier molecular flexibility index (Phi) is 6.19. The molecule has 0 spiro atoms. The Bertz CT molecular complexity index is 523. The molecule has 2 rings (SSSR count). The molecule has 120 valence electrons. The first-order chi connectivity index (χ1) is 10.5. The van der Waals surface area contributed by atoms with Gasteiger partial charge in [-0.05, 0) is 60.7 Å². The number of carbonyl (C=O) groups excluding carboxylic acids is 2. The fourth-order valence-electron chi connectivity index (χ4n) is 2.45. The van der Waals surface area contributed by atoms with E-state index in [9.17, 15) is 9.59 Å². The highest BCUT2D eigenvalue weighted by Crippen LogP contribution is 2.11. The SMILES string of the molecule is CC(C)NC(=O)CN1CCN(C(=O)c2ccc(I)cc2)CC1. The number of hydrogen-bond acceptors (Lipinski definition) is 3. The van der Waals surface area contributed by atoms with Crippen LogP contribution in [-0.2, 0) is 4.79 Å². The van der Waals surface area contributed by atoms with Crippen molar-refractivity contribution in [2.45, 2.75) is 19.9 Å². The lowest BCUT2D eigenvalue weighted by Gasteiger charge is -2.34. The van der Waals surface area contributed by atoms with Crippen molar-refractivity contribution in [1.29, 1.82) is 0 Å². The van der Waals surface area contributed by atoms with E-state index in [-0.39, 0.29) is 17.9 Å². The molecule has 0 unspecified atom stereocenters. The molecular formula is C16H22IN3O2. The predicted octanol–water partition coefficient (Wildman–Crippen LogP) is 1.57. The van der Waals surface area contributed by atoms with Crippen LogP contribution in [0.3, 0.4) is 0 Å². The molecule has 0 atom stereocenters. The maximum absolute atomic E-state index is 12.4. The van der Waals surface area contributed by atoms with Crippen LogP contribution in [0.5, 0.6) is 0 Å². The first-order valence-corrected chi connectivity index (χ1v) is 8.60. The standard InChI is InChI=1S/C16H22IN3O2/c1-12(2)18-15(21)11-19-7-9-20(10-8-19)16(22)13-3-5-14(17)6-4-13/h3-6,12H,7-11H2,1-2H3,(H,18,21). The zero-order chi connectivity index (χ0) is 16.1. The lowest BCUT2D eigenvalue weighted by atomic mass is 10.2. The van der Waals surface area contributed by atoms with Gasteiger partial charge in [0.2, 0.25) is 5.91 Å². The lowest BCUT2D eigenvalue weighted by Crippen LogP contribution is -2.51. The smallest absolute Gasteiger partial charge is 0.253 e. The van der Waals surface area contributed by atoms with E-state index < -0.39 is 0 Å². The van der Waals surface area contributed by atoms with Crippen LogP contribution in [0.1, 0.15) is 24.2 Å². The summed E-state index contributed by atoms with van der Waals surface area (Å²) in [5, 5.41) is 2.89. The number of halogens is 1. The molecule has 0 aromatic heterocycles. The number of benzene rings is 1. The van der Waals surface area contributed by atoms with Crippen LogP contribution in [0.15, 0.2) is 24.3 Å². The van der Waals surface area contributed by atoms with E-state index in [2.05, 4.69) is 32.8 Å². The van der Waals surface area contributed by atoms with Crippen molar-refractivity contribution >= 4 is 34.4 Å². The molecule has 2 amide bonds. The summed E-state index contributed by atoms with van der Waals surface area (Å²) in [4.78, 5) is 28.1. The van der Waals surface area contributed by atoms with Crippen LogP contribution in [0.25, 0.3) is 0 Å². The number of hydrogen-bond donors (Lipinski definition) is 1. The van der Waals surface area contributed by atoms with Crippen LogP contribution in [0.4, 0.5) is 0 Å². The molecule has 0 saturated carbocycles. The van der Waals surface area contributed by atoms with Gasteiger partial charge in [0.05, 0.1) is 6.54 Å². The molecule has 6 heteroatoms. The number of nitrogens with zero attached hydrogens (tertiary/aromatic N) is 2. The summed E-state index contributed by atoms with van der Waals surface area (Å²) in [6.07, 6.45) is 0. The van der Waals surface area contributed by atoms with Gasteiger partial charge in [-0.15, -0.1) is 0 Å². The van der Waals surface area contributed by atoms with Crippen molar-refractivity contribution < 1.29 is 9.59 Å². The number of nitrogens with one attached hydrogen (secondary N) is 1. The highest BCUT2D eigenvalue weighted by Gasteiger charge is 2.23. The molecular weight excluding hydrogens is 393 g/mol. The molecule has 1 fully saturated rings. The first-order valence-electron chi connectivity index (χ1n) is 7.52. The number of amides is 2. The van der Waals surface area contributed by atoms with E-state index in [4.69, 9.17) is 0 Å². The van der Waals surface area contributed by atoms with Gasteiger partial charge in [0.15, 0.2) is 0 Å². The quantitative estimate of drug-likeness (QED) is 0.760. The predicted molar refractivity (Wildman–Crippen MR) is 94.8 cm³/mol. The van der Waals surface area contributed by atoms with E-state index >= 15 is 0 Å². The molecule has 1 aliphatic rings. The third-order valence-corrected chi connectivity index (χ3v) is 4.29. The third-order valence-electron chi connectivity index (χ3n) is 3.57. The second kappa shape index (κ2) is 7.92. The Hall–Kier alpha value is -1.15. The average molecular weight is 415 g/mol. The molecule has 0 radical (unpaired) electrons. The summed E-state index contributed by atoms with van der Waals surface area (Å²) < 4.78 is 1.12. The van der Waals surface area contributed by atoms with Crippen molar-refractivity contribution in [3.63, 3.8) is 0 Å². The number of carbonyl (C=O) groups is 2. The maximum atomic E-state index is 12.4. The number of piperazine rings is 1. The van der Waals surface area contributed by atoms with Crippen LogP contribution in [0, 0.1) is 3.57 Å². The van der Waals surface area contributed by atoms with Crippen molar-refractivity contribution in [3.8, 4) is 0 Å². The Labute approximate surface area is 145 Å². The summed E-state index contributed by atoms with van der Waals surface area (Å²) in [6.45, 7) is 7.12. The summed E-state index contributed by atoms with van der Waals surface area (Å²) in [7, 11) is 0. The minimum absolute atomic E-state index is 0.0485. The lowest BCUT2D eigenvalue weighted by molar-refractivity contribution is -0.123. The van der Waals surface area contributed by atoms with Gasteiger partial charge in [0, 0.05) is 41.4 Å². The van der Waals surface area contributed by atoms with Gasteiger partial charge in [-0.3, -0.25) is 14.5 Å². The topological polar surface area (TPSA) is 52.7 Å². The molecule has 22 heavy (non-hydrogen) atoms. The fraction of sp³-hybridized carbons (Fsp3) is 0.500. The highest BCUT2D eigenvalue weighted by atomic mass is 127. The molecule has 1 N–H and O–H groups in total. The second-order valence-corrected chi connectivity index (χ2v) is 7.04. The third kappa shape index (κ3) is 4.95. The van der Waals surface area contributed by atoms with E-state index in [0.29, 0.717) is 19.6 Å². The van der Waals surface area contributed by atoms with E-state index in [1.165, 1.54) is 0 Å². The Morgan fingerprint density at radius 3 is 2.27 bits per heavy atom. The normalized spacial score (nSPS) is 15.9. The van der Waals surface area contributed by atoms with E-state index in [1.807, 2.05) is 43.0 Å². The Morgan fingerprint density at radius 2 is 1.73 bits per heavy atom. The zero-order valence-corrected chi connectivity index (χ0v) is 15.2. The van der Waals surface area contributed by atoms with E-state index in [1.54, 1.807) is 0 Å². The van der Waals surface area contributed by atoms with Crippen molar-refractivity contribution in [3.05, 3.63) is 33.4 Å². The number of rotatable bonds is 4. The van der Waals surface area contributed by atoms with Crippen molar-refractivity contribution in [1.82, 2.24) is 15.1 Å². The Balaban J connectivity index is 1.83. The van der Waals surface area contributed by atoms with Gasteiger partial charge in [0.25, 0.3) is 5.91 Å². The maximum Gasteiger partial charge on any atom is 0.253 e. The largest absolute Gasteiger partial charge is 0.353 e. The molecule has 1 heterocycles. The molecule has 1 aromatic carbocycles. The van der Waals surface area contributed by atoms with Crippen molar-refractivity contribution in [2.75, 3.05) is 32.7 Å². The monoisotopic (exact) mass is 415 g/mol. The van der Waals surface area contributed by atoms with Crippen molar-refractivity contribution in [2.24, 2.45) is 0 Å². The van der Waals surface area contributed by atoms with Crippen LogP contribution in [-0.4, -0.2) is 60.4 Å². The van der Waals surface area contributed by atoms with Gasteiger partial charge in [-0.25, -0.2) is 0 Å². The minimum atomic E-state index is 0.0485. The summed E-state index contributed by atoms with van der Waals surface area (Å²) >= 11 is 2.23. The van der Waals surface area contributed by atoms with Gasteiger partial charge in [-0.2, -0.15) is 0 Å². The average Bonchev–Trinajstić information content (AvgIpc) is 2.47. The summed E-state index contributed by atoms with van der Waals surface area (Å²) in [5.41, 5.74) is 0.728. The van der Waals surface area contributed by atoms with Gasteiger partial charge < -0.3 is 10.2 Å².